The number of carbonyl (C=O) groups excluding carboxylic acids is 1. The van der Waals surface area contributed by atoms with Gasteiger partial charge in [0.2, 0.25) is 0 Å². The van der Waals surface area contributed by atoms with E-state index in [0.29, 0.717) is 11.5 Å². The van der Waals surface area contributed by atoms with Crippen LogP contribution in [0.2, 0.25) is 0 Å². The summed E-state index contributed by atoms with van der Waals surface area (Å²) in [5.74, 6) is 1.37. The Hall–Kier alpha value is -3.15. The molecular weight excluding hydrogens is 382 g/mol. The van der Waals surface area contributed by atoms with Crippen LogP contribution in [0.3, 0.4) is 0 Å². The largest absolute Gasteiger partial charge is 0.499 e. The fourth-order valence-corrected chi connectivity index (χ4v) is 3.62. The van der Waals surface area contributed by atoms with E-state index in [1.54, 1.807) is 19.1 Å². The lowest BCUT2D eigenvalue weighted by molar-refractivity contribution is 0.0927. The first-order chi connectivity index (χ1) is 14.2. The van der Waals surface area contributed by atoms with E-state index in [1.807, 2.05) is 6.92 Å². The van der Waals surface area contributed by atoms with E-state index in [0.717, 1.165) is 24.2 Å². The molecule has 0 radical (unpaired) electrons. The van der Waals surface area contributed by atoms with Crippen LogP contribution in [-0.2, 0) is 21.3 Å². The molecule has 1 aliphatic carbocycles. The van der Waals surface area contributed by atoms with Gasteiger partial charge in [-0.25, -0.2) is 0 Å². The summed E-state index contributed by atoms with van der Waals surface area (Å²) < 4.78 is 21.9. The molecule has 0 unspecified atom stereocenters. The fourth-order valence-electron chi connectivity index (χ4n) is 3.62. The maximum absolute atomic E-state index is 12.6. The van der Waals surface area contributed by atoms with E-state index < -0.39 is 5.91 Å². The van der Waals surface area contributed by atoms with Crippen LogP contribution in [0.25, 0.3) is 0 Å². The fraction of sp³-hybridized carbons (Fsp3) is 0.375. The highest BCUT2D eigenvalue weighted by molar-refractivity contribution is 5.93. The molecule has 0 fully saturated rings. The Morgan fingerprint density at radius 2 is 1.93 bits per heavy atom. The number of ether oxygens (including phenoxy) is 3. The van der Waals surface area contributed by atoms with Gasteiger partial charge >= 0.3 is 0 Å². The molecule has 160 valence electrons. The van der Waals surface area contributed by atoms with Gasteiger partial charge in [-0.15, -0.1) is 0 Å². The highest BCUT2D eigenvalue weighted by Gasteiger charge is 2.30. The number of hydrogen-bond donors (Lipinski definition) is 1. The predicted octanol–water partition coefficient (Wildman–Crippen LogP) is 5.37. The van der Waals surface area contributed by atoms with Gasteiger partial charge in [0.1, 0.15) is 23.0 Å². The number of carbonyl (C=O) groups is 1. The summed E-state index contributed by atoms with van der Waals surface area (Å²) in [4.78, 5) is 12.6. The third-order valence-corrected chi connectivity index (χ3v) is 5.59. The molecule has 1 N–H and O–H groups in total. The van der Waals surface area contributed by atoms with Gasteiger partial charge in [0.05, 0.1) is 14.2 Å². The summed E-state index contributed by atoms with van der Waals surface area (Å²) in [5.41, 5.74) is 4.18. The molecule has 3 rings (SSSR count). The van der Waals surface area contributed by atoms with E-state index in [9.17, 15) is 4.79 Å². The van der Waals surface area contributed by atoms with Gasteiger partial charge in [-0.05, 0) is 60.9 Å². The quantitative estimate of drug-likeness (QED) is 0.490. The molecule has 1 heterocycles. The summed E-state index contributed by atoms with van der Waals surface area (Å²) in [5, 5.41) is 2.71. The van der Waals surface area contributed by atoms with Crippen LogP contribution in [0.15, 0.2) is 52.5 Å². The Balaban J connectivity index is 1.79. The van der Waals surface area contributed by atoms with Gasteiger partial charge in [0, 0.05) is 6.07 Å². The summed E-state index contributed by atoms with van der Waals surface area (Å²) in [6.45, 7) is 12.0. The molecule has 0 atom stereocenters. The highest BCUT2D eigenvalue weighted by atomic mass is 16.6. The molecule has 2 aromatic rings. The Bertz CT molecular complexity index is 1010. The topological polar surface area (TPSA) is 69.9 Å². The lowest BCUT2D eigenvalue weighted by Crippen LogP contribution is -2.25. The molecule has 0 saturated heterocycles. The van der Waals surface area contributed by atoms with Crippen LogP contribution in [0.4, 0.5) is 0 Å². The Morgan fingerprint density at radius 1 is 1.20 bits per heavy atom. The molecule has 1 aromatic carbocycles. The Kier molecular flexibility index (Phi) is 5.97. The number of furan rings is 1. The smallest absolute Gasteiger partial charge is 0.291 e. The standard InChI is InChI=1S/C24H29NO5/c1-14-12-17-10-11-24(4,5)18(17)13-20(14)30-21-9-8-19(29-21)23(26)25-22(15(2)27-6)16(3)28-7/h8-9,12-13H,2,10-11H2,1,3-7H3,(H,25,26)/b22-16-. The van der Waals surface area contributed by atoms with Gasteiger partial charge in [0.15, 0.2) is 5.76 Å². The maximum atomic E-state index is 12.6. The Morgan fingerprint density at radius 3 is 2.60 bits per heavy atom. The first-order valence-electron chi connectivity index (χ1n) is 9.87. The molecule has 0 saturated carbocycles. The van der Waals surface area contributed by atoms with E-state index in [4.69, 9.17) is 18.6 Å². The monoisotopic (exact) mass is 411 g/mol. The van der Waals surface area contributed by atoms with Crippen molar-refractivity contribution in [3.05, 3.63) is 70.5 Å². The minimum atomic E-state index is -0.457. The number of methoxy groups -OCH3 is 2. The lowest BCUT2D eigenvalue weighted by Gasteiger charge is -2.20. The van der Waals surface area contributed by atoms with Crippen molar-refractivity contribution < 1.29 is 23.4 Å². The number of benzene rings is 1. The van der Waals surface area contributed by atoms with Gasteiger partial charge in [0.25, 0.3) is 11.9 Å². The Labute approximate surface area is 177 Å². The van der Waals surface area contributed by atoms with Crippen LogP contribution in [0.1, 0.15) is 54.4 Å². The van der Waals surface area contributed by atoms with Crippen molar-refractivity contribution in [1.29, 1.82) is 0 Å². The van der Waals surface area contributed by atoms with Crippen molar-refractivity contribution in [2.24, 2.45) is 0 Å². The minimum Gasteiger partial charge on any atom is -0.499 e. The average Bonchev–Trinajstić information content (AvgIpc) is 3.30. The van der Waals surface area contributed by atoms with E-state index >= 15 is 0 Å². The zero-order valence-corrected chi connectivity index (χ0v) is 18.5. The van der Waals surface area contributed by atoms with E-state index in [-0.39, 0.29) is 22.9 Å². The van der Waals surface area contributed by atoms with Crippen molar-refractivity contribution in [3.63, 3.8) is 0 Å². The first kappa shape index (κ1) is 21.6. The SMILES string of the molecule is C=C(OC)/C(NC(=O)c1ccc(Oc2cc3c(cc2C)CCC3(C)C)o1)=C(\C)OC. The summed E-state index contributed by atoms with van der Waals surface area (Å²) in [6, 6.07) is 7.46. The van der Waals surface area contributed by atoms with Crippen molar-refractivity contribution >= 4 is 5.91 Å². The molecule has 1 aliphatic rings. The van der Waals surface area contributed by atoms with Crippen LogP contribution >= 0.6 is 0 Å². The van der Waals surface area contributed by atoms with Gasteiger partial charge in [-0.1, -0.05) is 26.5 Å². The van der Waals surface area contributed by atoms with Gasteiger partial charge < -0.3 is 23.9 Å². The minimum absolute atomic E-state index is 0.106. The predicted molar refractivity (Wildman–Crippen MR) is 115 cm³/mol. The average molecular weight is 411 g/mol. The molecule has 1 amide bonds. The molecule has 1 aromatic heterocycles. The zero-order chi connectivity index (χ0) is 22.1. The van der Waals surface area contributed by atoms with Crippen molar-refractivity contribution in [2.45, 2.75) is 46.0 Å². The molecule has 0 spiro atoms. The number of rotatable bonds is 7. The molecule has 0 bridgehead atoms. The number of aryl methyl sites for hydroxylation is 2. The summed E-state index contributed by atoms with van der Waals surface area (Å²) in [7, 11) is 2.97. The van der Waals surface area contributed by atoms with Crippen molar-refractivity contribution in [2.75, 3.05) is 14.2 Å². The molecular formula is C24H29NO5. The lowest BCUT2D eigenvalue weighted by atomic mass is 9.86. The third-order valence-electron chi connectivity index (χ3n) is 5.59. The molecule has 0 aliphatic heterocycles. The highest BCUT2D eigenvalue weighted by Crippen LogP contribution is 2.42. The number of amides is 1. The van der Waals surface area contributed by atoms with Gasteiger partial charge in [-0.3, -0.25) is 4.79 Å². The number of fused-ring (bicyclic) bond motifs is 1. The number of hydrogen-bond acceptors (Lipinski definition) is 5. The van der Waals surface area contributed by atoms with E-state index in [1.165, 1.54) is 25.3 Å². The molecule has 6 nitrogen and oxygen atoms in total. The van der Waals surface area contributed by atoms with E-state index in [2.05, 4.69) is 37.9 Å². The summed E-state index contributed by atoms with van der Waals surface area (Å²) >= 11 is 0. The number of allylic oxidation sites excluding steroid dienone is 1. The maximum Gasteiger partial charge on any atom is 0.291 e. The first-order valence-corrected chi connectivity index (χ1v) is 9.87. The third kappa shape index (κ3) is 4.22. The zero-order valence-electron chi connectivity index (χ0n) is 18.5. The van der Waals surface area contributed by atoms with Crippen LogP contribution in [0, 0.1) is 6.92 Å². The summed E-state index contributed by atoms with van der Waals surface area (Å²) in [6.07, 6.45) is 2.21. The van der Waals surface area contributed by atoms with Gasteiger partial charge in [-0.2, -0.15) is 0 Å². The second-order valence-corrected chi connectivity index (χ2v) is 8.10. The molecule has 6 heteroatoms. The van der Waals surface area contributed by atoms with Crippen molar-refractivity contribution in [1.82, 2.24) is 5.32 Å². The van der Waals surface area contributed by atoms with Crippen LogP contribution in [-0.4, -0.2) is 20.1 Å². The van der Waals surface area contributed by atoms with Crippen LogP contribution in [0.5, 0.6) is 11.7 Å². The van der Waals surface area contributed by atoms with Crippen LogP contribution < -0.4 is 10.1 Å². The second-order valence-electron chi connectivity index (χ2n) is 8.10. The molecule has 30 heavy (non-hydrogen) atoms. The number of nitrogens with one attached hydrogen (secondary N) is 1. The van der Waals surface area contributed by atoms with Crippen molar-refractivity contribution in [3.8, 4) is 11.7 Å². The second kappa shape index (κ2) is 8.30. The normalized spacial score (nSPS) is 15.1.